The van der Waals surface area contributed by atoms with E-state index >= 15 is 0 Å². The lowest BCUT2D eigenvalue weighted by atomic mass is 9.93. The summed E-state index contributed by atoms with van der Waals surface area (Å²) in [5.74, 6) is 6.18. The van der Waals surface area contributed by atoms with Crippen LogP contribution in [0.3, 0.4) is 0 Å². The topological polar surface area (TPSA) is 9.23 Å². The summed E-state index contributed by atoms with van der Waals surface area (Å²) >= 11 is 3.39. The highest BCUT2D eigenvalue weighted by Gasteiger charge is 2.07. The van der Waals surface area contributed by atoms with Crippen LogP contribution >= 0.6 is 15.9 Å². The van der Waals surface area contributed by atoms with Gasteiger partial charge in [-0.05, 0) is 34.4 Å². The fourth-order valence-corrected chi connectivity index (χ4v) is 2.67. The van der Waals surface area contributed by atoms with Gasteiger partial charge in [0.15, 0.2) is 14.1 Å². The molecule has 0 fully saturated rings. The van der Waals surface area contributed by atoms with Gasteiger partial charge >= 0.3 is 0 Å². The molecule has 0 radical (unpaired) electrons. The van der Waals surface area contributed by atoms with Crippen LogP contribution in [-0.2, 0) is 4.43 Å². The third-order valence-electron chi connectivity index (χ3n) is 1.23. The SMILES string of the molecule is C[SiH](C)OC(Br)C#CCC(C)(C)C. The molecular weight excluding hydrogens is 244 g/mol. The summed E-state index contributed by atoms with van der Waals surface area (Å²) in [6.45, 7) is 10.8. The minimum atomic E-state index is -0.962. The quantitative estimate of drug-likeness (QED) is 0.422. The first-order valence-electron chi connectivity index (χ1n) is 4.59. The molecule has 0 aromatic rings. The Morgan fingerprint density at radius 1 is 1.38 bits per heavy atom. The molecule has 0 N–H and O–H groups in total. The molecule has 0 rings (SSSR count). The smallest absolute Gasteiger partial charge is 0.173 e. The van der Waals surface area contributed by atoms with Gasteiger partial charge in [-0.1, -0.05) is 32.6 Å². The normalized spacial score (nSPS) is 13.8. The zero-order chi connectivity index (χ0) is 10.5. The maximum atomic E-state index is 5.55. The third-order valence-corrected chi connectivity index (χ3v) is 2.89. The lowest BCUT2D eigenvalue weighted by Crippen LogP contribution is -2.13. The second-order valence-electron chi connectivity index (χ2n) is 4.56. The molecule has 0 spiro atoms. The molecule has 0 saturated heterocycles. The van der Waals surface area contributed by atoms with E-state index in [-0.39, 0.29) is 10.4 Å². The molecule has 0 bridgehead atoms. The monoisotopic (exact) mass is 262 g/mol. The number of halogens is 1. The van der Waals surface area contributed by atoms with Crippen molar-refractivity contribution < 1.29 is 4.43 Å². The van der Waals surface area contributed by atoms with Crippen LogP contribution in [0.25, 0.3) is 0 Å². The first-order valence-corrected chi connectivity index (χ1v) is 8.29. The van der Waals surface area contributed by atoms with Crippen LogP contribution in [-0.4, -0.2) is 14.1 Å². The van der Waals surface area contributed by atoms with Gasteiger partial charge in [0.1, 0.15) is 0 Å². The summed E-state index contributed by atoms with van der Waals surface area (Å²) in [7, 11) is -0.962. The molecule has 0 heterocycles. The second kappa shape index (κ2) is 5.84. The van der Waals surface area contributed by atoms with E-state index in [0.29, 0.717) is 0 Å². The van der Waals surface area contributed by atoms with Crippen LogP contribution in [0.4, 0.5) is 0 Å². The van der Waals surface area contributed by atoms with Gasteiger partial charge in [0, 0.05) is 6.42 Å². The Morgan fingerprint density at radius 2 is 1.92 bits per heavy atom. The predicted octanol–water partition coefficient (Wildman–Crippen LogP) is 3.15. The van der Waals surface area contributed by atoms with Crippen LogP contribution in [0.15, 0.2) is 0 Å². The fourth-order valence-electron chi connectivity index (χ4n) is 0.669. The summed E-state index contributed by atoms with van der Waals surface area (Å²) < 4.78 is 5.55. The minimum absolute atomic E-state index is 0.0680. The summed E-state index contributed by atoms with van der Waals surface area (Å²) in [6, 6.07) is 0. The van der Waals surface area contributed by atoms with Crippen LogP contribution in [0.5, 0.6) is 0 Å². The highest BCUT2D eigenvalue weighted by atomic mass is 79.9. The molecule has 3 heteroatoms. The van der Waals surface area contributed by atoms with Gasteiger partial charge in [-0.2, -0.15) is 0 Å². The Morgan fingerprint density at radius 3 is 2.31 bits per heavy atom. The van der Waals surface area contributed by atoms with Crippen LogP contribution in [0.1, 0.15) is 27.2 Å². The summed E-state index contributed by atoms with van der Waals surface area (Å²) in [4.78, 5) is 0. The molecule has 1 unspecified atom stereocenters. The molecule has 0 aromatic carbocycles. The van der Waals surface area contributed by atoms with Crippen LogP contribution in [0.2, 0.25) is 13.1 Å². The van der Waals surface area contributed by atoms with E-state index in [1.54, 1.807) is 0 Å². The molecule has 0 saturated carbocycles. The zero-order valence-electron chi connectivity index (χ0n) is 9.15. The molecule has 0 aliphatic carbocycles. The van der Waals surface area contributed by atoms with E-state index in [1.165, 1.54) is 0 Å². The molecule has 0 amide bonds. The third kappa shape index (κ3) is 10.1. The standard InChI is InChI=1S/C10H19BrOSi/c1-10(2,3)8-6-7-9(11)12-13(4)5/h9,13H,8H2,1-5H3. The van der Waals surface area contributed by atoms with E-state index in [4.69, 9.17) is 4.43 Å². The molecule has 1 atom stereocenters. The number of hydrogen-bond acceptors (Lipinski definition) is 1. The maximum Gasteiger partial charge on any atom is 0.173 e. The Hall–Kier alpha value is 0.217. The predicted molar refractivity (Wildman–Crippen MR) is 64.5 cm³/mol. The van der Waals surface area contributed by atoms with Gasteiger partial charge in [-0.15, -0.1) is 0 Å². The number of alkyl halides is 1. The van der Waals surface area contributed by atoms with E-state index in [0.717, 1.165) is 6.42 Å². The molecule has 13 heavy (non-hydrogen) atoms. The van der Waals surface area contributed by atoms with Gasteiger partial charge in [0.2, 0.25) is 0 Å². The Balaban J connectivity index is 3.83. The van der Waals surface area contributed by atoms with Crippen molar-refractivity contribution in [2.24, 2.45) is 5.41 Å². The molecule has 0 aromatic heterocycles. The van der Waals surface area contributed by atoms with Crippen molar-refractivity contribution in [1.29, 1.82) is 0 Å². The summed E-state index contributed by atoms with van der Waals surface area (Å²) in [6.07, 6.45) is 0.915. The average molecular weight is 263 g/mol. The Kier molecular flexibility index (Phi) is 5.94. The van der Waals surface area contributed by atoms with Crippen molar-refractivity contribution >= 4 is 25.0 Å². The largest absolute Gasteiger partial charge is 0.399 e. The van der Waals surface area contributed by atoms with Crippen LogP contribution < -0.4 is 0 Å². The molecule has 1 nitrogen and oxygen atoms in total. The lowest BCUT2D eigenvalue weighted by molar-refractivity contribution is 0.356. The van der Waals surface area contributed by atoms with Gasteiger partial charge in [0.05, 0.1) is 0 Å². The number of rotatable bonds is 2. The van der Waals surface area contributed by atoms with Crippen molar-refractivity contribution in [1.82, 2.24) is 0 Å². The van der Waals surface area contributed by atoms with Crippen molar-refractivity contribution in [3.05, 3.63) is 0 Å². The number of hydrogen-bond donors (Lipinski definition) is 0. The average Bonchev–Trinajstić information content (AvgIpc) is 1.81. The van der Waals surface area contributed by atoms with Crippen molar-refractivity contribution in [3.8, 4) is 11.8 Å². The van der Waals surface area contributed by atoms with Crippen molar-refractivity contribution in [3.63, 3.8) is 0 Å². The summed E-state index contributed by atoms with van der Waals surface area (Å²) in [5.41, 5.74) is 0.287. The Bertz CT molecular complexity index is 197. The molecule has 76 valence electrons. The first-order chi connectivity index (χ1) is 5.81. The molecular formula is C10H19BrOSi. The highest BCUT2D eigenvalue weighted by molar-refractivity contribution is 9.09. The maximum absolute atomic E-state index is 5.55. The van der Waals surface area contributed by atoms with Crippen LogP contribution in [0, 0.1) is 17.3 Å². The first kappa shape index (κ1) is 13.2. The van der Waals surface area contributed by atoms with Gasteiger partial charge in [0.25, 0.3) is 0 Å². The highest BCUT2D eigenvalue weighted by Crippen LogP contribution is 2.17. The van der Waals surface area contributed by atoms with Crippen molar-refractivity contribution in [2.45, 2.75) is 45.3 Å². The van der Waals surface area contributed by atoms with E-state index in [1.807, 2.05) is 0 Å². The second-order valence-corrected chi connectivity index (χ2v) is 7.76. The molecule has 0 aliphatic heterocycles. The van der Waals surface area contributed by atoms with Gasteiger partial charge < -0.3 is 4.43 Å². The minimum Gasteiger partial charge on any atom is -0.399 e. The summed E-state index contributed by atoms with van der Waals surface area (Å²) in [5, 5.41) is -0.0680. The zero-order valence-corrected chi connectivity index (χ0v) is 11.9. The van der Waals surface area contributed by atoms with E-state index in [2.05, 4.69) is 61.6 Å². The van der Waals surface area contributed by atoms with Gasteiger partial charge in [-0.3, -0.25) is 0 Å². The van der Waals surface area contributed by atoms with E-state index < -0.39 is 9.04 Å². The molecule has 0 aliphatic rings. The van der Waals surface area contributed by atoms with E-state index in [9.17, 15) is 0 Å². The Labute approximate surface area is 92.1 Å². The van der Waals surface area contributed by atoms with Gasteiger partial charge in [-0.25, -0.2) is 0 Å². The fraction of sp³-hybridized carbons (Fsp3) is 0.800. The van der Waals surface area contributed by atoms with Crippen molar-refractivity contribution in [2.75, 3.05) is 0 Å². The lowest BCUT2D eigenvalue weighted by Gasteiger charge is -2.13.